The largest absolute Gasteiger partial charge is 0.497 e. The smallest absolute Gasteiger partial charge is 0.227 e. The summed E-state index contributed by atoms with van der Waals surface area (Å²) in [5.74, 6) is 7.23. The molecule has 4 aliphatic heterocycles. The molecule has 0 aliphatic carbocycles. The Morgan fingerprint density at radius 2 is 1.57 bits per heavy atom. The van der Waals surface area contributed by atoms with Crippen LogP contribution < -0.4 is 35.8 Å². The van der Waals surface area contributed by atoms with E-state index in [1.807, 2.05) is 18.2 Å². The molecule has 0 saturated carbocycles. The second kappa shape index (κ2) is 18.5. The van der Waals surface area contributed by atoms with Crippen molar-refractivity contribution in [2.24, 2.45) is 10.9 Å². The Morgan fingerprint density at radius 1 is 0.870 bits per heavy atom. The maximum atomic E-state index is 5.31. The van der Waals surface area contributed by atoms with Gasteiger partial charge in [-0.3, -0.25) is 0 Å². The lowest BCUT2D eigenvalue weighted by Crippen LogP contribution is -2.30. The van der Waals surface area contributed by atoms with Crippen LogP contribution in [0.1, 0.15) is 82.5 Å². The molecule has 4 unspecified atom stereocenters. The zero-order chi connectivity index (χ0) is 38.0. The Kier molecular flexibility index (Phi) is 13.3. The molecule has 4 aliphatic rings. The number of ether oxygens (including phenoxy) is 2. The number of pyridine rings is 1. The van der Waals surface area contributed by atoms with Crippen LogP contribution in [0.4, 0.5) is 29.4 Å². The normalized spacial score (nSPS) is 23.1. The first-order chi connectivity index (χ1) is 26.2. The van der Waals surface area contributed by atoms with E-state index in [0.717, 1.165) is 105 Å². The molecule has 4 fully saturated rings. The predicted molar refractivity (Wildman–Crippen MR) is 217 cm³/mol. The number of hydrogen-bond acceptors (Lipinski definition) is 14. The van der Waals surface area contributed by atoms with Gasteiger partial charge in [-0.05, 0) is 90.7 Å². The summed E-state index contributed by atoms with van der Waals surface area (Å²) < 4.78 is 10.4. The average Bonchev–Trinajstić information content (AvgIpc) is 3.96. The molecule has 14 heteroatoms. The summed E-state index contributed by atoms with van der Waals surface area (Å²) >= 11 is 0. The van der Waals surface area contributed by atoms with Crippen molar-refractivity contribution in [1.82, 2.24) is 35.6 Å². The minimum atomic E-state index is 0.410. The molecule has 3 aromatic heterocycles. The quantitative estimate of drug-likeness (QED) is 0.0981. The number of hydrogen-bond donors (Lipinski definition) is 4. The zero-order valence-electron chi connectivity index (χ0n) is 32.6. The standard InChI is InChI=1S/C21H30N6O.C19H28N6O/c1-14-10-15(2)27(13-14)21-24-18(16-4-7-22-8-5-16)12-20(26-21)25-19-11-17(28-3)6-9-23-19;1-13-6-5-9-25(13)19-22-16(15-7-8-21-12-15)11-18(24-19)23-17(20-3)10-14(2)26-4/h6,9,11-12,14-16,22H,4-5,7-8,10,13H2,1-3H3,(H,23,24,25,26);10-11,13,15,21H,2-3,5-9,12H2,1,4H3,(H,22,23,24)/b;17-10+. The number of allylic oxidation sites excluding steroid dienone is 1. The first kappa shape index (κ1) is 38.9. The van der Waals surface area contributed by atoms with E-state index in [2.05, 4.69) is 81.2 Å². The van der Waals surface area contributed by atoms with E-state index in [4.69, 9.17) is 29.4 Å². The molecule has 14 nitrogen and oxygen atoms in total. The van der Waals surface area contributed by atoms with E-state index in [-0.39, 0.29) is 0 Å². The van der Waals surface area contributed by atoms with Gasteiger partial charge in [-0.15, -0.1) is 0 Å². The van der Waals surface area contributed by atoms with Gasteiger partial charge in [0.2, 0.25) is 11.9 Å². The van der Waals surface area contributed by atoms with Gasteiger partial charge in [-0.25, -0.2) is 19.9 Å². The number of rotatable bonds is 12. The van der Waals surface area contributed by atoms with Gasteiger partial charge in [0.1, 0.15) is 34.8 Å². The van der Waals surface area contributed by atoms with Crippen molar-refractivity contribution in [1.29, 1.82) is 0 Å². The lowest BCUT2D eigenvalue weighted by molar-refractivity contribution is 0.308. The van der Waals surface area contributed by atoms with Gasteiger partial charge in [0.15, 0.2) is 0 Å². The molecular formula is C40H58N12O2. The summed E-state index contributed by atoms with van der Waals surface area (Å²) in [4.78, 5) is 32.5. The van der Waals surface area contributed by atoms with Crippen molar-refractivity contribution in [2.75, 3.05) is 73.9 Å². The van der Waals surface area contributed by atoms with Gasteiger partial charge in [-0.1, -0.05) is 13.5 Å². The van der Waals surface area contributed by atoms with Crippen molar-refractivity contribution in [2.45, 2.75) is 83.2 Å². The second-order valence-corrected chi connectivity index (χ2v) is 14.9. The van der Waals surface area contributed by atoms with E-state index in [9.17, 15) is 0 Å². The van der Waals surface area contributed by atoms with Crippen LogP contribution in [-0.4, -0.2) is 97.2 Å². The third-order valence-corrected chi connectivity index (χ3v) is 10.8. The third kappa shape index (κ3) is 10.0. The predicted octanol–water partition coefficient (Wildman–Crippen LogP) is 5.98. The van der Waals surface area contributed by atoms with E-state index in [1.165, 1.54) is 19.3 Å². The van der Waals surface area contributed by atoms with E-state index < -0.39 is 0 Å². The molecule has 0 radical (unpaired) electrons. The maximum absolute atomic E-state index is 5.31. The Labute approximate surface area is 320 Å². The van der Waals surface area contributed by atoms with Crippen molar-refractivity contribution in [3.8, 4) is 5.75 Å². The molecule has 0 aromatic carbocycles. The fraction of sp³-hybridized carbons (Fsp3) is 0.550. The number of nitrogens with one attached hydrogen (secondary N) is 4. The Morgan fingerprint density at radius 3 is 2.22 bits per heavy atom. The van der Waals surface area contributed by atoms with Crippen LogP contribution in [0.15, 0.2) is 59.7 Å². The Balaban J connectivity index is 0.000000185. The molecule has 54 heavy (non-hydrogen) atoms. The Hall–Kier alpha value is -4.82. The highest BCUT2D eigenvalue weighted by Gasteiger charge is 2.30. The number of methoxy groups -OCH3 is 2. The number of piperidine rings is 1. The highest BCUT2D eigenvalue weighted by Crippen LogP contribution is 2.32. The molecule has 7 heterocycles. The van der Waals surface area contributed by atoms with E-state index in [0.29, 0.717) is 41.4 Å². The monoisotopic (exact) mass is 738 g/mol. The molecule has 4 saturated heterocycles. The summed E-state index contributed by atoms with van der Waals surface area (Å²) in [6.07, 6.45) is 10.3. The first-order valence-corrected chi connectivity index (χ1v) is 19.4. The second-order valence-electron chi connectivity index (χ2n) is 14.9. The molecule has 0 spiro atoms. The molecule has 0 amide bonds. The number of nitrogens with zero attached hydrogens (tertiary/aromatic N) is 8. The summed E-state index contributed by atoms with van der Waals surface area (Å²) in [6, 6.07) is 8.74. The molecule has 4 N–H and O–H groups in total. The number of aliphatic imine (C=N–C) groups is 1. The van der Waals surface area contributed by atoms with Gasteiger partial charge >= 0.3 is 0 Å². The first-order valence-electron chi connectivity index (χ1n) is 19.4. The van der Waals surface area contributed by atoms with Crippen LogP contribution >= 0.6 is 0 Å². The minimum absolute atomic E-state index is 0.410. The summed E-state index contributed by atoms with van der Waals surface area (Å²) in [7, 11) is 3.23. The van der Waals surface area contributed by atoms with Crippen LogP contribution in [0.3, 0.4) is 0 Å². The topological polar surface area (TPSA) is 150 Å². The van der Waals surface area contributed by atoms with Crippen molar-refractivity contribution in [3.05, 3.63) is 66.1 Å². The fourth-order valence-corrected chi connectivity index (χ4v) is 7.74. The number of aromatic nitrogens is 5. The average molecular weight is 739 g/mol. The van der Waals surface area contributed by atoms with Crippen LogP contribution in [0.2, 0.25) is 0 Å². The van der Waals surface area contributed by atoms with E-state index in [1.54, 1.807) is 26.5 Å². The SMILES string of the molecule is C=N/C(=C\C(=C)OC)Nc1cc(C2CCNC2)nc(N2CCCC2C)n1.COc1ccnc(Nc2cc(C3CCNCC3)nc(N3CC(C)CC3C)n2)c1. The van der Waals surface area contributed by atoms with Gasteiger partial charge < -0.3 is 40.5 Å². The number of anilines is 5. The molecule has 290 valence electrons. The van der Waals surface area contributed by atoms with E-state index >= 15 is 0 Å². The van der Waals surface area contributed by atoms with Gasteiger partial charge in [-0.2, -0.15) is 9.97 Å². The molecular weight excluding hydrogens is 681 g/mol. The van der Waals surface area contributed by atoms with Crippen LogP contribution in [-0.2, 0) is 4.74 Å². The van der Waals surface area contributed by atoms with Gasteiger partial charge in [0.25, 0.3) is 0 Å². The maximum Gasteiger partial charge on any atom is 0.227 e. The van der Waals surface area contributed by atoms with Crippen molar-refractivity contribution < 1.29 is 9.47 Å². The summed E-state index contributed by atoms with van der Waals surface area (Å²) in [5, 5.41) is 13.4. The third-order valence-electron chi connectivity index (χ3n) is 10.8. The van der Waals surface area contributed by atoms with Gasteiger partial charge in [0, 0.05) is 74.0 Å². The lowest BCUT2D eigenvalue weighted by Gasteiger charge is -2.26. The van der Waals surface area contributed by atoms with Crippen LogP contribution in [0.5, 0.6) is 5.75 Å². The highest BCUT2D eigenvalue weighted by atomic mass is 16.5. The molecule has 4 atom stereocenters. The zero-order valence-corrected chi connectivity index (χ0v) is 32.6. The van der Waals surface area contributed by atoms with Crippen molar-refractivity contribution in [3.63, 3.8) is 0 Å². The highest BCUT2D eigenvalue weighted by molar-refractivity contribution is 5.56. The summed E-state index contributed by atoms with van der Waals surface area (Å²) in [6.45, 7) is 20.3. The fourth-order valence-electron chi connectivity index (χ4n) is 7.74. The van der Waals surface area contributed by atoms with Crippen molar-refractivity contribution >= 4 is 36.1 Å². The van der Waals surface area contributed by atoms with Crippen LogP contribution in [0.25, 0.3) is 0 Å². The van der Waals surface area contributed by atoms with Gasteiger partial charge in [0.05, 0.1) is 25.6 Å². The summed E-state index contributed by atoms with van der Waals surface area (Å²) in [5.41, 5.74) is 2.19. The minimum Gasteiger partial charge on any atom is -0.497 e. The Bertz CT molecular complexity index is 1760. The lowest BCUT2D eigenvalue weighted by atomic mass is 9.94. The van der Waals surface area contributed by atoms with Crippen LogP contribution in [0, 0.1) is 5.92 Å². The molecule has 7 rings (SSSR count). The molecule has 3 aromatic rings. The molecule has 0 bridgehead atoms.